The van der Waals surface area contributed by atoms with Gasteiger partial charge >= 0.3 is 0 Å². The van der Waals surface area contributed by atoms with Crippen LogP contribution in [0.5, 0.6) is 11.5 Å². The Morgan fingerprint density at radius 2 is 1.47 bits per heavy atom. The number of benzene rings is 3. The van der Waals surface area contributed by atoms with Gasteiger partial charge < -0.3 is 10.5 Å². The summed E-state index contributed by atoms with van der Waals surface area (Å²) in [4.78, 5) is 0. The third-order valence-corrected chi connectivity index (χ3v) is 3.26. The van der Waals surface area contributed by atoms with Gasteiger partial charge in [0, 0.05) is 6.07 Å². The van der Waals surface area contributed by atoms with Gasteiger partial charge in [0.15, 0.2) is 0 Å². The molecule has 0 aromatic heterocycles. The minimum absolute atomic E-state index is 0.498. The van der Waals surface area contributed by atoms with Gasteiger partial charge in [-0.2, -0.15) is 0 Å². The molecule has 2 N–H and O–H groups in total. The summed E-state index contributed by atoms with van der Waals surface area (Å²) in [6.45, 7) is 0. The molecule has 0 spiro atoms. The predicted molar refractivity (Wildman–Crippen MR) is 79.9 cm³/mol. The van der Waals surface area contributed by atoms with E-state index >= 15 is 0 Å². The lowest BCUT2D eigenvalue weighted by molar-refractivity contribution is 0.483. The SMILES string of the molecule is Nc1ccc(Oc2ccc3ccccc3c2)cc1Cl. The van der Waals surface area contributed by atoms with Crippen LogP contribution in [0.15, 0.2) is 60.7 Å². The van der Waals surface area contributed by atoms with E-state index in [0.717, 1.165) is 11.1 Å². The third kappa shape index (κ3) is 2.49. The summed E-state index contributed by atoms with van der Waals surface area (Å²) >= 11 is 5.97. The Kier molecular flexibility index (Phi) is 3.02. The lowest BCUT2D eigenvalue weighted by Gasteiger charge is -2.08. The zero-order chi connectivity index (χ0) is 13.2. The smallest absolute Gasteiger partial charge is 0.129 e. The van der Waals surface area contributed by atoms with E-state index in [4.69, 9.17) is 22.1 Å². The highest BCUT2D eigenvalue weighted by molar-refractivity contribution is 6.33. The largest absolute Gasteiger partial charge is 0.457 e. The predicted octanol–water partition coefficient (Wildman–Crippen LogP) is 4.87. The molecule has 3 aromatic carbocycles. The average Bonchev–Trinajstić information content (AvgIpc) is 2.43. The lowest BCUT2D eigenvalue weighted by atomic mass is 10.1. The Balaban J connectivity index is 1.94. The quantitative estimate of drug-likeness (QED) is 0.674. The zero-order valence-electron chi connectivity index (χ0n) is 10.1. The number of halogens is 1. The van der Waals surface area contributed by atoms with E-state index in [1.807, 2.05) is 30.3 Å². The molecule has 0 radical (unpaired) electrons. The fourth-order valence-electron chi connectivity index (χ4n) is 1.94. The number of nitrogens with two attached hydrogens (primary N) is 1. The van der Waals surface area contributed by atoms with Crippen LogP contribution in [0.25, 0.3) is 10.8 Å². The van der Waals surface area contributed by atoms with Crippen LogP contribution < -0.4 is 10.5 Å². The molecule has 3 rings (SSSR count). The van der Waals surface area contributed by atoms with Crippen LogP contribution in [0.1, 0.15) is 0 Å². The monoisotopic (exact) mass is 269 g/mol. The van der Waals surface area contributed by atoms with Crippen LogP contribution in [0.4, 0.5) is 5.69 Å². The van der Waals surface area contributed by atoms with Crippen molar-refractivity contribution < 1.29 is 4.74 Å². The molecule has 0 aliphatic carbocycles. The van der Waals surface area contributed by atoms with Crippen molar-refractivity contribution in [2.24, 2.45) is 0 Å². The normalized spacial score (nSPS) is 10.6. The molecule has 3 aromatic rings. The fourth-order valence-corrected chi connectivity index (χ4v) is 2.11. The van der Waals surface area contributed by atoms with Crippen LogP contribution >= 0.6 is 11.6 Å². The molecular formula is C16H12ClNO. The second-order valence-corrected chi connectivity index (χ2v) is 4.70. The molecule has 2 nitrogen and oxygen atoms in total. The van der Waals surface area contributed by atoms with Crippen molar-refractivity contribution in [3.05, 3.63) is 65.7 Å². The molecular weight excluding hydrogens is 258 g/mol. The maximum Gasteiger partial charge on any atom is 0.129 e. The van der Waals surface area contributed by atoms with Gasteiger partial charge in [0.2, 0.25) is 0 Å². The molecule has 0 aliphatic rings. The van der Waals surface area contributed by atoms with Crippen molar-refractivity contribution in [3.63, 3.8) is 0 Å². The average molecular weight is 270 g/mol. The highest BCUT2D eigenvalue weighted by atomic mass is 35.5. The second kappa shape index (κ2) is 4.82. The first-order chi connectivity index (χ1) is 9.22. The molecule has 0 heterocycles. The van der Waals surface area contributed by atoms with Crippen molar-refractivity contribution in [2.45, 2.75) is 0 Å². The van der Waals surface area contributed by atoms with E-state index in [2.05, 4.69) is 12.1 Å². The number of nitrogen functional groups attached to an aromatic ring is 1. The number of rotatable bonds is 2. The van der Waals surface area contributed by atoms with Gasteiger partial charge in [-0.3, -0.25) is 0 Å². The van der Waals surface area contributed by atoms with Gasteiger partial charge in [0.05, 0.1) is 10.7 Å². The van der Waals surface area contributed by atoms with Crippen LogP contribution in [-0.4, -0.2) is 0 Å². The molecule has 94 valence electrons. The minimum atomic E-state index is 0.498. The molecule has 0 aliphatic heterocycles. The van der Waals surface area contributed by atoms with Gasteiger partial charge in [-0.25, -0.2) is 0 Å². The maximum atomic E-state index is 5.97. The topological polar surface area (TPSA) is 35.2 Å². The molecule has 0 amide bonds. The number of hydrogen-bond donors (Lipinski definition) is 1. The Bertz CT molecular complexity index is 740. The number of anilines is 1. The van der Waals surface area contributed by atoms with Crippen LogP contribution in [-0.2, 0) is 0 Å². The summed E-state index contributed by atoms with van der Waals surface area (Å²) in [5, 5.41) is 2.82. The van der Waals surface area contributed by atoms with Crippen molar-refractivity contribution in [1.82, 2.24) is 0 Å². The first-order valence-corrected chi connectivity index (χ1v) is 6.32. The first-order valence-electron chi connectivity index (χ1n) is 5.94. The number of fused-ring (bicyclic) bond motifs is 1. The number of hydrogen-bond acceptors (Lipinski definition) is 2. The van der Waals surface area contributed by atoms with E-state index in [-0.39, 0.29) is 0 Å². The van der Waals surface area contributed by atoms with Crippen molar-refractivity contribution >= 4 is 28.1 Å². The summed E-state index contributed by atoms with van der Waals surface area (Å²) in [5.41, 5.74) is 6.22. The van der Waals surface area contributed by atoms with E-state index in [1.165, 1.54) is 5.39 Å². The molecule has 0 bridgehead atoms. The molecule has 3 heteroatoms. The summed E-state index contributed by atoms with van der Waals surface area (Å²) in [5.74, 6) is 1.45. The van der Waals surface area contributed by atoms with Crippen LogP contribution in [0.2, 0.25) is 5.02 Å². The highest BCUT2D eigenvalue weighted by Gasteiger charge is 2.02. The summed E-state index contributed by atoms with van der Waals surface area (Å²) in [6, 6.07) is 19.4. The Morgan fingerprint density at radius 3 is 2.26 bits per heavy atom. The minimum Gasteiger partial charge on any atom is -0.457 e. The number of ether oxygens (including phenoxy) is 1. The van der Waals surface area contributed by atoms with Crippen molar-refractivity contribution in [2.75, 3.05) is 5.73 Å². The van der Waals surface area contributed by atoms with Gasteiger partial charge in [0.1, 0.15) is 11.5 Å². The highest BCUT2D eigenvalue weighted by Crippen LogP contribution is 2.29. The Morgan fingerprint density at radius 1 is 0.789 bits per heavy atom. The van der Waals surface area contributed by atoms with E-state index in [9.17, 15) is 0 Å². The molecule has 0 saturated carbocycles. The van der Waals surface area contributed by atoms with E-state index in [0.29, 0.717) is 16.5 Å². The van der Waals surface area contributed by atoms with Gasteiger partial charge in [-0.15, -0.1) is 0 Å². The molecule has 19 heavy (non-hydrogen) atoms. The standard InChI is InChI=1S/C16H12ClNO/c17-15-10-14(7-8-16(15)18)19-13-6-5-11-3-1-2-4-12(11)9-13/h1-10H,18H2. The molecule has 0 unspecified atom stereocenters. The van der Waals surface area contributed by atoms with Crippen molar-refractivity contribution in [1.29, 1.82) is 0 Å². The van der Waals surface area contributed by atoms with E-state index < -0.39 is 0 Å². The maximum absolute atomic E-state index is 5.97. The third-order valence-electron chi connectivity index (χ3n) is 2.93. The Labute approximate surface area is 116 Å². The molecule has 0 saturated heterocycles. The van der Waals surface area contributed by atoms with Crippen LogP contribution in [0, 0.1) is 0 Å². The molecule has 0 atom stereocenters. The van der Waals surface area contributed by atoms with Gasteiger partial charge in [-0.05, 0) is 35.0 Å². The summed E-state index contributed by atoms with van der Waals surface area (Å²) < 4.78 is 5.78. The Hall–Kier alpha value is -2.19. The first kappa shape index (κ1) is 11.9. The second-order valence-electron chi connectivity index (χ2n) is 4.29. The fraction of sp³-hybridized carbons (Fsp3) is 0. The van der Waals surface area contributed by atoms with Crippen molar-refractivity contribution in [3.8, 4) is 11.5 Å². The van der Waals surface area contributed by atoms with E-state index in [1.54, 1.807) is 18.2 Å². The zero-order valence-corrected chi connectivity index (χ0v) is 10.9. The summed E-state index contributed by atoms with van der Waals surface area (Å²) in [6.07, 6.45) is 0. The summed E-state index contributed by atoms with van der Waals surface area (Å²) in [7, 11) is 0. The van der Waals surface area contributed by atoms with Gasteiger partial charge in [-0.1, -0.05) is 41.9 Å². The van der Waals surface area contributed by atoms with Crippen LogP contribution in [0.3, 0.4) is 0 Å². The molecule has 0 fully saturated rings. The van der Waals surface area contributed by atoms with Gasteiger partial charge in [0.25, 0.3) is 0 Å². The lowest BCUT2D eigenvalue weighted by Crippen LogP contribution is -1.88.